The van der Waals surface area contributed by atoms with E-state index in [1.54, 1.807) is 12.1 Å². The third-order valence-electron chi connectivity index (χ3n) is 3.89. The number of hydrogen-bond acceptors (Lipinski definition) is 5. The summed E-state index contributed by atoms with van der Waals surface area (Å²) in [5.41, 5.74) is -0.145. The van der Waals surface area contributed by atoms with Gasteiger partial charge in [0.15, 0.2) is 5.75 Å². The zero-order chi connectivity index (χ0) is 19.5. The summed E-state index contributed by atoms with van der Waals surface area (Å²) in [5.74, 6) is 1.04. The quantitative estimate of drug-likeness (QED) is 0.305. The molecule has 0 aliphatic carbocycles. The minimum atomic E-state index is -0.563. The second-order valence-corrected chi connectivity index (χ2v) is 5.91. The Morgan fingerprint density at radius 3 is 2.22 bits per heavy atom. The Balaban J connectivity index is 2.34. The van der Waals surface area contributed by atoms with E-state index in [1.807, 2.05) is 6.07 Å². The van der Waals surface area contributed by atoms with Crippen LogP contribution in [0.2, 0.25) is 0 Å². The monoisotopic (exact) mass is 372 g/mol. The van der Waals surface area contributed by atoms with Crippen molar-refractivity contribution in [3.05, 3.63) is 52.9 Å². The molecule has 1 aromatic heterocycles. The summed E-state index contributed by atoms with van der Waals surface area (Å²) in [6.07, 6.45) is 11.8. The van der Waals surface area contributed by atoms with Crippen molar-refractivity contribution in [2.45, 2.75) is 39.5 Å². The Morgan fingerprint density at radius 2 is 1.59 bits per heavy atom. The fraction of sp³-hybridized carbons (Fsp3) is 0.409. The molecule has 0 N–H and O–H groups in total. The molecule has 27 heavy (non-hydrogen) atoms. The van der Waals surface area contributed by atoms with Crippen LogP contribution < -0.4 is 19.8 Å². The summed E-state index contributed by atoms with van der Waals surface area (Å²) in [7, 11) is 1.43. The van der Waals surface area contributed by atoms with E-state index in [-0.39, 0.29) is 5.75 Å². The molecule has 0 aliphatic heterocycles. The van der Waals surface area contributed by atoms with E-state index >= 15 is 0 Å². The highest BCUT2D eigenvalue weighted by Gasteiger charge is 2.20. The van der Waals surface area contributed by atoms with Gasteiger partial charge in [0.25, 0.3) is 0 Å². The lowest BCUT2D eigenvalue weighted by Crippen LogP contribution is -2.09. The van der Waals surface area contributed by atoms with Gasteiger partial charge in [-0.15, -0.1) is 0 Å². The fourth-order valence-corrected chi connectivity index (χ4v) is 2.64. The third-order valence-corrected chi connectivity index (χ3v) is 3.89. The first-order valence-corrected chi connectivity index (χ1v) is 9.42. The number of hydrogen-bond donors (Lipinski definition) is 0. The number of methoxy groups -OCH3 is 1. The zero-order valence-electron chi connectivity index (χ0n) is 16.3. The molecule has 0 fully saturated rings. The van der Waals surface area contributed by atoms with Crippen LogP contribution in [0.3, 0.4) is 0 Å². The van der Waals surface area contributed by atoms with Gasteiger partial charge in [0.2, 0.25) is 5.75 Å². The maximum atomic E-state index is 12.2. The van der Waals surface area contributed by atoms with E-state index in [1.165, 1.54) is 7.11 Å². The molecule has 2 aromatic rings. The summed E-state index contributed by atoms with van der Waals surface area (Å²) in [6.45, 7) is 5.13. The maximum absolute atomic E-state index is 12.2. The minimum absolute atomic E-state index is 0.0592. The molecular formula is C22H28O5. The van der Waals surface area contributed by atoms with Crippen LogP contribution in [0.5, 0.6) is 17.2 Å². The summed E-state index contributed by atoms with van der Waals surface area (Å²) in [6, 6.07) is 5.36. The van der Waals surface area contributed by atoms with Crippen LogP contribution in [0.15, 0.2) is 51.7 Å². The molecule has 5 heteroatoms. The Labute approximate surface area is 160 Å². The third kappa shape index (κ3) is 5.64. The Kier molecular flexibility index (Phi) is 8.49. The lowest BCUT2D eigenvalue weighted by molar-refractivity contribution is 0.289. The van der Waals surface area contributed by atoms with Crippen molar-refractivity contribution in [1.82, 2.24) is 0 Å². The van der Waals surface area contributed by atoms with Crippen LogP contribution in [0.4, 0.5) is 0 Å². The molecule has 0 radical (unpaired) electrons. The molecular weight excluding hydrogens is 344 g/mol. The van der Waals surface area contributed by atoms with Crippen molar-refractivity contribution in [3.63, 3.8) is 0 Å². The van der Waals surface area contributed by atoms with Gasteiger partial charge in [0, 0.05) is 0 Å². The Hall–Kier alpha value is -2.69. The minimum Gasteiger partial charge on any atom is -0.492 e. The molecule has 0 saturated heterocycles. The highest BCUT2D eigenvalue weighted by molar-refractivity contribution is 5.91. The average molecular weight is 372 g/mol. The first-order valence-electron chi connectivity index (χ1n) is 9.42. The van der Waals surface area contributed by atoms with E-state index in [0.29, 0.717) is 35.7 Å². The molecule has 1 aromatic carbocycles. The molecule has 0 bridgehead atoms. The second-order valence-electron chi connectivity index (χ2n) is 5.91. The first kappa shape index (κ1) is 20.6. The van der Waals surface area contributed by atoms with Gasteiger partial charge in [-0.25, -0.2) is 4.79 Å². The van der Waals surface area contributed by atoms with Crippen molar-refractivity contribution in [1.29, 1.82) is 0 Å². The molecule has 0 saturated carbocycles. The van der Waals surface area contributed by atoms with Gasteiger partial charge in [-0.05, 0) is 37.8 Å². The van der Waals surface area contributed by atoms with E-state index in [9.17, 15) is 4.79 Å². The summed E-state index contributed by atoms with van der Waals surface area (Å²) >= 11 is 0. The van der Waals surface area contributed by atoms with E-state index in [2.05, 4.69) is 38.2 Å². The molecule has 0 amide bonds. The van der Waals surface area contributed by atoms with Gasteiger partial charge in [-0.3, -0.25) is 0 Å². The number of benzene rings is 1. The van der Waals surface area contributed by atoms with Gasteiger partial charge < -0.3 is 18.6 Å². The Bertz CT molecular complexity index is 832. The highest BCUT2D eigenvalue weighted by atomic mass is 16.5. The van der Waals surface area contributed by atoms with Crippen molar-refractivity contribution < 1.29 is 18.6 Å². The average Bonchev–Trinajstić information content (AvgIpc) is 2.67. The van der Waals surface area contributed by atoms with Crippen molar-refractivity contribution >= 4 is 11.0 Å². The zero-order valence-corrected chi connectivity index (χ0v) is 16.3. The first-order chi connectivity index (χ1) is 13.2. The van der Waals surface area contributed by atoms with Crippen LogP contribution in [0.25, 0.3) is 11.0 Å². The van der Waals surface area contributed by atoms with Crippen LogP contribution in [-0.4, -0.2) is 20.3 Å². The largest absolute Gasteiger partial charge is 0.492 e. The van der Waals surface area contributed by atoms with Gasteiger partial charge in [0.1, 0.15) is 16.7 Å². The lowest BCUT2D eigenvalue weighted by atomic mass is 10.2. The molecule has 0 atom stereocenters. The van der Waals surface area contributed by atoms with Crippen LogP contribution in [0.1, 0.15) is 39.5 Å². The standard InChI is InChI=1S/C22H28O5/c1-4-6-8-10-15-25-17-13-12-14-18-19(17)20(21(24-3)22(23)27-18)26-16-11-9-7-5-2/h6-9,12-14H,4-5,10-11,15-16H2,1-3H3. The van der Waals surface area contributed by atoms with Gasteiger partial charge >= 0.3 is 5.63 Å². The normalized spacial score (nSPS) is 11.5. The van der Waals surface area contributed by atoms with Gasteiger partial charge in [0.05, 0.1) is 20.3 Å². The smallest absolute Gasteiger partial charge is 0.383 e. The SMILES string of the molecule is CCC=CCCOc1cccc2oc(=O)c(OC)c(OCCC=CCC)c12. The summed E-state index contributed by atoms with van der Waals surface area (Å²) in [4.78, 5) is 12.2. The molecule has 0 unspecified atom stereocenters. The predicted octanol–water partition coefficient (Wildman–Crippen LogP) is 5.27. The van der Waals surface area contributed by atoms with Crippen molar-refractivity contribution in [2.24, 2.45) is 0 Å². The molecule has 5 nitrogen and oxygen atoms in total. The number of rotatable bonds is 11. The number of ether oxygens (including phenoxy) is 3. The number of fused-ring (bicyclic) bond motifs is 1. The second kappa shape index (κ2) is 11.1. The van der Waals surface area contributed by atoms with E-state index in [4.69, 9.17) is 18.6 Å². The molecule has 1 heterocycles. The summed E-state index contributed by atoms with van der Waals surface area (Å²) in [5, 5.41) is 0.618. The summed E-state index contributed by atoms with van der Waals surface area (Å²) < 4.78 is 22.5. The predicted molar refractivity (Wildman–Crippen MR) is 108 cm³/mol. The van der Waals surface area contributed by atoms with Gasteiger partial charge in [-0.1, -0.05) is 44.2 Å². The number of allylic oxidation sites excluding steroid dienone is 2. The fourth-order valence-electron chi connectivity index (χ4n) is 2.64. The molecule has 0 spiro atoms. The highest BCUT2D eigenvalue weighted by Crippen LogP contribution is 2.38. The van der Waals surface area contributed by atoms with Crippen LogP contribution in [-0.2, 0) is 0 Å². The van der Waals surface area contributed by atoms with E-state index in [0.717, 1.165) is 25.7 Å². The molecule has 2 rings (SSSR count). The van der Waals surface area contributed by atoms with Gasteiger partial charge in [-0.2, -0.15) is 0 Å². The van der Waals surface area contributed by atoms with Crippen LogP contribution in [0, 0.1) is 0 Å². The van der Waals surface area contributed by atoms with E-state index < -0.39 is 5.63 Å². The van der Waals surface area contributed by atoms with Crippen LogP contribution >= 0.6 is 0 Å². The van der Waals surface area contributed by atoms with Crippen molar-refractivity contribution in [2.75, 3.05) is 20.3 Å². The lowest BCUT2D eigenvalue weighted by Gasteiger charge is -2.14. The van der Waals surface area contributed by atoms with Crippen molar-refractivity contribution in [3.8, 4) is 17.2 Å². The molecule has 0 aliphatic rings. The topological polar surface area (TPSA) is 57.9 Å². The Morgan fingerprint density at radius 1 is 0.926 bits per heavy atom. The molecule has 146 valence electrons. The maximum Gasteiger partial charge on any atom is 0.383 e.